The monoisotopic (exact) mass is 204 g/mol. The maximum Gasteiger partial charge on any atom is 0.272 e. The van der Waals surface area contributed by atoms with Crippen molar-refractivity contribution in [3.05, 3.63) is 24.2 Å². The lowest BCUT2D eigenvalue weighted by Gasteiger charge is -2.09. The third-order valence-electron chi connectivity index (χ3n) is 1.83. The summed E-state index contributed by atoms with van der Waals surface area (Å²) in [6.07, 6.45) is 3.82. The Bertz CT molecular complexity index is 338. The number of hydrogen-bond donors (Lipinski definition) is 1. The summed E-state index contributed by atoms with van der Waals surface area (Å²) < 4.78 is 35.5. The summed E-state index contributed by atoms with van der Waals surface area (Å²) in [4.78, 5) is 0. The van der Waals surface area contributed by atoms with Crippen LogP contribution in [0.4, 0.5) is 0 Å². The SMILES string of the molecule is CCCC(c1ccoc1)S(=O)(=O)O. The number of rotatable bonds is 4. The molecule has 0 aliphatic heterocycles. The van der Waals surface area contributed by atoms with Gasteiger partial charge < -0.3 is 4.42 Å². The molecular formula is C8H12O4S. The van der Waals surface area contributed by atoms with Crippen molar-refractivity contribution in [2.45, 2.75) is 25.0 Å². The summed E-state index contributed by atoms with van der Waals surface area (Å²) in [5.74, 6) is 0. The van der Waals surface area contributed by atoms with Gasteiger partial charge in [0.2, 0.25) is 0 Å². The Morgan fingerprint density at radius 2 is 2.31 bits per heavy atom. The summed E-state index contributed by atoms with van der Waals surface area (Å²) in [6.45, 7) is 1.86. The molecule has 74 valence electrons. The molecule has 0 spiro atoms. The Hall–Kier alpha value is -0.810. The van der Waals surface area contributed by atoms with Crippen molar-refractivity contribution < 1.29 is 17.4 Å². The number of furan rings is 1. The quantitative estimate of drug-likeness (QED) is 0.762. The van der Waals surface area contributed by atoms with E-state index in [0.717, 1.165) is 0 Å². The van der Waals surface area contributed by atoms with Crippen molar-refractivity contribution in [3.8, 4) is 0 Å². The highest BCUT2D eigenvalue weighted by atomic mass is 32.2. The standard InChI is InChI=1S/C8H12O4S/c1-2-3-8(13(9,10)11)7-4-5-12-6-7/h4-6,8H,2-3H2,1H3,(H,9,10,11). The van der Waals surface area contributed by atoms with Crippen molar-refractivity contribution in [1.82, 2.24) is 0 Å². The molecule has 1 N–H and O–H groups in total. The summed E-state index contributed by atoms with van der Waals surface area (Å²) in [7, 11) is -4.01. The van der Waals surface area contributed by atoms with E-state index in [4.69, 9.17) is 8.97 Å². The Balaban J connectivity index is 2.94. The zero-order valence-electron chi connectivity index (χ0n) is 7.30. The minimum absolute atomic E-state index is 0.401. The highest BCUT2D eigenvalue weighted by Gasteiger charge is 2.24. The molecule has 0 radical (unpaired) electrons. The molecule has 0 bridgehead atoms. The molecule has 0 aliphatic carbocycles. The lowest BCUT2D eigenvalue weighted by atomic mass is 10.1. The van der Waals surface area contributed by atoms with Crippen LogP contribution >= 0.6 is 0 Å². The molecule has 0 saturated carbocycles. The Kier molecular flexibility index (Phi) is 3.11. The molecule has 4 nitrogen and oxygen atoms in total. The zero-order chi connectivity index (χ0) is 9.90. The molecule has 13 heavy (non-hydrogen) atoms. The van der Waals surface area contributed by atoms with E-state index in [1.54, 1.807) is 6.07 Å². The molecule has 0 saturated heterocycles. The van der Waals surface area contributed by atoms with Crippen molar-refractivity contribution in [2.24, 2.45) is 0 Å². The van der Waals surface area contributed by atoms with E-state index >= 15 is 0 Å². The summed E-state index contributed by atoms with van der Waals surface area (Å²) in [5.41, 5.74) is 0.504. The predicted molar refractivity (Wildman–Crippen MR) is 47.9 cm³/mol. The van der Waals surface area contributed by atoms with Crippen molar-refractivity contribution in [1.29, 1.82) is 0 Å². The van der Waals surface area contributed by atoms with Crippen LogP contribution in [0.15, 0.2) is 23.0 Å². The lowest BCUT2D eigenvalue weighted by molar-refractivity contribution is 0.462. The average molecular weight is 204 g/mol. The van der Waals surface area contributed by atoms with Gasteiger partial charge in [-0.05, 0) is 12.5 Å². The normalized spacial score (nSPS) is 14.3. The van der Waals surface area contributed by atoms with Gasteiger partial charge in [0.15, 0.2) is 0 Å². The van der Waals surface area contributed by atoms with E-state index in [9.17, 15) is 8.42 Å². The van der Waals surface area contributed by atoms with Gasteiger partial charge in [-0.1, -0.05) is 13.3 Å². The molecule has 1 atom stereocenters. The first-order valence-electron chi connectivity index (χ1n) is 4.04. The second-order valence-corrected chi connectivity index (χ2v) is 4.45. The van der Waals surface area contributed by atoms with Crippen LogP contribution in [-0.2, 0) is 10.1 Å². The zero-order valence-corrected chi connectivity index (χ0v) is 8.12. The van der Waals surface area contributed by atoms with Crippen LogP contribution in [0.3, 0.4) is 0 Å². The second kappa shape index (κ2) is 3.93. The largest absolute Gasteiger partial charge is 0.472 e. The fourth-order valence-electron chi connectivity index (χ4n) is 1.21. The van der Waals surface area contributed by atoms with E-state index in [1.807, 2.05) is 6.92 Å². The third kappa shape index (κ3) is 2.57. The van der Waals surface area contributed by atoms with Crippen LogP contribution in [0.5, 0.6) is 0 Å². The maximum absolute atomic E-state index is 10.9. The van der Waals surface area contributed by atoms with Crippen LogP contribution in [0, 0.1) is 0 Å². The maximum atomic E-state index is 10.9. The lowest BCUT2D eigenvalue weighted by Crippen LogP contribution is -2.11. The fourth-order valence-corrected chi connectivity index (χ4v) is 2.22. The van der Waals surface area contributed by atoms with Gasteiger partial charge >= 0.3 is 0 Å². The van der Waals surface area contributed by atoms with Gasteiger partial charge in [-0.3, -0.25) is 4.55 Å². The fraction of sp³-hybridized carbons (Fsp3) is 0.500. The van der Waals surface area contributed by atoms with Gasteiger partial charge in [-0.25, -0.2) is 0 Å². The van der Waals surface area contributed by atoms with Gasteiger partial charge in [0.1, 0.15) is 5.25 Å². The minimum atomic E-state index is -4.01. The Labute approximate surface area is 77.3 Å². The van der Waals surface area contributed by atoms with Crippen molar-refractivity contribution >= 4 is 10.1 Å². The van der Waals surface area contributed by atoms with Gasteiger partial charge in [0.25, 0.3) is 10.1 Å². The van der Waals surface area contributed by atoms with Crippen molar-refractivity contribution in [3.63, 3.8) is 0 Å². The summed E-state index contributed by atoms with van der Waals surface area (Å²) in [6, 6.07) is 1.55. The van der Waals surface area contributed by atoms with Crippen LogP contribution in [-0.4, -0.2) is 13.0 Å². The molecule has 0 aromatic carbocycles. The van der Waals surface area contributed by atoms with E-state index in [-0.39, 0.29) is 0 Å². The van der Waals surface area contributed by atoms with E-state index < -0.39 is 15.4 Å². The Morgan fingerprint density at radius 3 is 2.69 bits per heavy atom. The molecule has 1 rings (SSSR count). The van der Waals surface area contributed by atoms with E-state index in [0.29, 0.717) is 18.4 Å². The summed E-state index contributed by atoms with van der Waals surface area (Å²) in [5, 5.41) is -0.851. The first-order valence-corrected chi connectivity index (χ1v) is 5.54. The molecule has 1 aromatic heterocycles. The number of hydrogen-bond acceptors (Lipinski definition) is 3. The minimum Gasteiger partial charge on any atom is -0.472 e. The summed E-state index contributed by atoms with van der Waals surface area (Å²) >= 11 is 0. The van der Waals surface area contributed by atoms with Gasteiger partial charge in [-0.2, -0.15) is 8.42 Å². The van der Waals surface area contributed by atoms with Gasteiger partial charge in [0.05, 0.1) is 12.5 Å². The highest BCUT2D eigenvalue weighted by molar-refractivity contribution is 7.86. The smallest absolute Gasteiger partial charge is 0.272 e. The second-order valence-electron chi connectivity index (χ2n) is 2.85. The molecule has 1 aromatic rings. The van der Waals surface area contributed by atoms with Gasteiger partial charge in [0, 0.05) is 5.56 Å². The first kappa shape index (κ1) is 10.3. The van der Waals surface area contributed by atoms with Crippen LogP contribution in [0.2, 0.25) is 0 Å². The highest BCUT2D eigenvalue weighted by Crippen LogP contribution is 2.26. The molecule has 5 heteroatoms. The van der Waals surface area contributed by atoms with Crippen LogP contribution < -0.4 is 0 Å². The predicted octanol–water partition coefficient (Wildman–Crippen LogP) is 2.01. The van der Waals surface area contributed by atoms with Crippen LogP contribution in [0.1, 0.15) is 30.6 Å². The molecule has 0 amide bonds. The average Bonchev–Trinajstić information content (AvgIpc) is 2.49. The third-order valence-corrected chi connectivity index (χ3v) is 3.05. The van der Waals surface area contributed by atoms with E-state index in [1.165, 1.54) is 12.5 Å². The first-order chi connectivity index (χ1) is 6.05. The van der Waals surface area contributed by atoms with E-state index in [2.05, 4.69) is 0 Å². The molecule has 0 aliphatic rings. The van der Waals surface area contributed by atoms with Crippen molar-refractivity contribution in [2.75, 3.05) is 0 Å². The Morgan fingerprint density at radius 1 is 1.62 bits per heavy atom. The molecular weight excluding hydrogens is 192 g/mol. The topological polar surface area (TPSA) is 67.5 Å². The molecule has 1 heterocycles. The molecule has 0 fully saturated rings. The molecule has 1 unspecified atom stereocenters. The van der Waals surface area contributed by atoms with Crippen LogP contribution in [0.25, 0.3) is 0 Å². The van der Waals surface area contributed by atoms with Gasteiger partial charge in [-0.15, -0.1) is 0 Å².